The Bertz CT molecular complexity index is 707. The molecule has 1 aliphatic rings. The van der Waals surface area contributed by atoms with E-state index in [1.54, 1.807) is 6.26 Å². The van der Waals surface area contributed by atoms with Gasteiger partial charge in [0.2, 0.25) is 0 Å². The van der Waals surface area contributed by atoms with Gasteiger partial charge in [0.1, 0.15) is 11.5 Å². The molecule has 0 radical (unpaired) electrons. The average molecular weight is 386 g/mol. The minimum absolute atomic E-state index is 0.00281. The standard InChI is InChI=1S/C22H31N3O3/c1-25(2)20(21-9-6-14-27-21)16-24-22(26)23-15-17-10-12-19(13-11-17)28-18-7-4-3-5-8-18/h6,9-14,18,20H,3-5,7-8,15-16H2,1-2H3,(H2,23,24,26). The van der Waals surface area contributed by atoms with Gasteiger partial charge in [-0.15, -0.1) is 0 Å². The van der Waals surface area contributed by atoms with E-state index in [1.807, 2.05) is 55.4 Å². The molecule has 1 aromatic heterocycles. The van der Waals surface area contributed by atoms with Crippen LogP contribution in [-0.4, -0.2) is 37.7 Å². The third-order valence-electron chi connectivity index (χ3n) is 5.18. The summed E-state index contributed by atoms with van der Waals surface area (Å²) in [6, 6.07) is 11.6. The molecule has 2 amide bonds. The second kappa shape index (κ2) is 10.2. The van der Waals surface area contributed by atoms with E-state index < -0.39 is 0 Å². The Hall–Kier alpha value is -2.47. The molecule has 1 aromatic carbocycles. The van der Waals surface area contributed by atoms with Gasteiger partial charge in [0.15, 0.2) is 0 Å². The zero-order valence-electron chi connectivity index (χ0n) is 16.8. The Labute approximate surface area is 167 Å². The zero-order chi connectivity index (χ0) is 19.8. The number of likely N-dealkylation sites (N-methyl/N-ethyl adjacent to an activating group) is 1. The van der Waals surface area contributed by atoms with E-state index in [0.717, 1.165) is 29.9 Å². The molecule has 0 spiro atoms. The molecule has 0 aliphatic heterocycles. The monoisotopic (exact) mass is 385 g/mol. The van der Waals surface area contributed by atoms with Gasteiger partial charge in [-0.3, -0.25) is 4.90 Å². The number of nitrogens with one attached hydrogen (secondary N) is 2. The Balaban J connectivity index is 1.41. The lowest BCUT2D eigenvalue weighted by molar-refractivity contribution is 0.155. The average Bonchev–Trinajstić information content (AvgIpc) is 3.22. The zero-order valence-corrected chi connectivity index (χ0v) is 16.8. The number of hydrogen-bond acceptors (Lipinski definition) is 4. The lowest BCUT2D eigenvalue weighted by Gasteiger charge is -2.23. The fraction of sp³-hybridized carbons (Fsp3) is 0.500. The van der Waals surface area contributed by atoms with Gasteiger partial charge >= 0.3 is 6.03 Å². The first kappa shape index (κ1) is 20.3. The molecule has 1 unspecified atom stereocenters. The Morgan fingerprint density at radius 1 is 1.14 bits per heavy atom. The Morgan fingerprint density at radius 2 is 1.89 bits per heavy atom. The summed E-state index contributed by atoms with van der Waals surface area (Å²) >= 11 is 0. The highest BCUT2D eigenvalue weighted by molar-refractivity contribution is 5.73. The van der Waals surface area contributed by atoms with Crippen molar-refractivity contribution in [1.29, 1.82) is 0 Å². The number of urea groups is 1. The molecular weight excluding hydrogens is 354 g/mol. The lowest BCUT2D eigenvalue weighted by Crippen LogP contribution is -2.40. The summed E-state index contributed by atoms with van der Waals surface area (Å²) in [5, 5.41) is 5.81. The molecule has 2 aromatic rings. The summed E-state index contributed by atoms with van der Waals surface area (Å²) in [6.07, 6.45) is 8.14. The summed E-state index contributed by atoms with van der Waals surface area (Å²) in [5.74, 6) is 1.74. The number of ether oxygens (including phenoxy) is 1. The van der Waals surface area contributed by atoms with Crippen LogP contribution >= 0.6 is 0 Å². The topological polar surface area (TPSA) is 66.7 Å². The van der Waals surface area contributed by atoms with Crippen molar-refractivity contribution in [3.05, 3.63) is 54.0 Å². The molecule has 3 rings (SSSR count). The molecule has 2 N–H and O–H groups in total. The molecule has 0 saturated heterocycles. The van der Waals surface area contributed by atoms with Crippen molar-refractivity contribution in [1.82, 2.24) is 15.5 Å². The Kier molecular flexibility index (Phi) is 7.37. The third-order valence-corrected chi connectivity index (χ3v) is 5.18. The predicted octanol–water partition coefficient (Wildman–Crippen LogP) is 4.09. The quantitative estimate of drug-likeness (QED) is 0.718. The fourth-order valence-corrected chi connectivity index (χ4v) is 3.51. The van der Waals surface area contributed by atoms with Crippen LogP contribution in [0.5, 0.6) is 5.75 Å². The molecule has 1 fully saturated rings. The second-order valence-electron chi connectivity index (χ2n) is 7.58. The molecule has 28 heavy (non-hydrogen) atoms. The van der Waals surface area contributed by atoms with Gasteiger partial charge in [-0.1, -0.05) is 18.6 Å². The third kappa shape index (κ3) is 6.02. The van der Waals surface area contributed by atoms with Crippen LogP contribution in [0.4, 0.5) is 4.79 Å². The number of amides is 2. The molecule has 0 bridgehead atoms. The maximum absolute atomic E-state index is 12.1. The van der Waals surface area contributed by atoms with Crippen molar-refractivity contribution in [2.75, 3.05) is 20.6 Å². The van der Waals surface area contributed by atoms with Crippen LogP contribution in [0.25, 0.3) is 0 Å². The van der Waals surface area contributed by atoms with E-state index in [4.69, 9.17) is 9.15 Å². The molecule has 1 atom stereocenters. The van der Waals surface area contributed by atoms with E-state index >= 15 is 0 Å². The van der Waals surface area contributed by atoms with Gasteiger partial charge in [0.25, 0.3) is 0 Å². The highest BCUT2D eigenvalue weighted by atomic mass is 16.5. The predicted molar refractivity (Wildman–Crippen MR) is 109 cm³/mol. The summed E-state index contributed by atoms with van der Waals surface area (Å²) in [4.78, 5) is 14.2. The number of carbonyl (C=O) groups excluding carboxylic acids is 1. The lowest BCUT2D eigenvalue weighted by atomic mass is 9.98. The maximum atomic E-state index is 12.1. The van der Waals surface area contributed by atoms with E-state index in [9.17, 15) is 4.79 Å². The molecular formula is C22H31N3O3. The van der Waals surface area contributed by atoms with Gasteiger partial charge in [-0.2, -0.15) is 0 Å². The number of benzene rings is 1. The van der Waals surface area contributed by atoms with Crippen molar-refractivity contribution < 1.29 is 13.9 Å². The fourth-order valence-electron chi connectivity index (χ4n) is 3.51. The van der Waals surface area contributed by atoms with Crippen LogP contribution in [0.15, 0.2) is 47.1 Å². The molecule has 6 nitrogen and oxygen atoms in total. The Morgan fingerprint density at radius 3 is 2.54 bits per heavy atom. The summed E-state index contributed by atoms with van der Waals surface area (Å²) in [7, 11) is 3.92. The van der Waals surface area contributed by atoms with Crippen LogP contribution in [-0.2, 0) is 6.54 Å². The smallest absolute Gasteiger partial charge is 0.315 e. The van der Waals surface area contributed by atoms with E-state index in [1.165, 1.54) is 19.3 Å². The molecule has 6 heteroatoms. The second-order valence-corrected chi connectivity index (χ2v) is 7.58. The van der Waals surface area contributed by atoms with E-state index in [2.05, 4.69) is 10.6 Å². The molecule has 152 valence electrons. The summed E-state index contributed by atoms with van der Waals surface area (Å²) in [6.45, 7) is 0.948. The van der Waals surface area contributed by atoms with Crippen molar-refractivity contribution in [2.24, 2.45) is 0 Å². The van der Waals surface area contributed by atoms with Gasteiger partial charge in [0, 0.05) is 13.1 Å². The van der Waals surface area contributed by atoms with Gasteiger partial charge in [0.05, 0.1) is 18.4 Å². The number of carbonyl (C=O) groups is 1. The maximum Gasteiger partial charge on any atom is 0.315 e. The first-order valence-electron chi connectivity index (χ1n) is 10.1. The van der Waals surface area contributed by atoms with Crippen molar-refractivity contribution >= 4 is 6.03 Å². The van der Waals surface area contributed by atoms with Crippen molar-refractivity contribution in [2.45, 2.75) is 50.8 Å². The number of furan rings is 1. The number of nitrogens with zero attached hydrogens (tertiary/aromatic N) is 1. The van der Waals surface area contributed by atoms with E-state index in [0.29, 0.717) is 19.2 Å². The normalized spacial score (nSPS) is 16.0. The minimum Gasteiger partial charge on any atom is -0.490 e. The van der Waals surface area contributed by atoms with Crippen LogP contribution in [0.1, 0.15) is 49.5 Å². The number of hydrogen-bond donors (Lipinski definition) is 2. The number of rotatable bonds is 8. The van der Waals surface area contributed by atoms with Gasteiger partial charge in [-0.25, -0.2) is 4.79 Å². The SMILES string of the molecule is CN(C)C(CNC(=O)NCc1ccc(OC2CCCCC2)cc1)c1ccco1. The summed E-state index contributed by atoms with van der Waals surface area (Å²) < 4.78 is 11.5. The van der Waals surface area contributed by atoms with Crippen LogP contribution in [0, 0.1) is 0 Å². The minimum atomic E-state index is -0.194. The van der Waals surface area contributed by atoms with Gasteiger partial charge in [-0.05, 0) is 69.6 Å². The summed E-state index contributed by atoms with van der Waals surface area (Å²) in [5.41, 5.74) is 1.04. The van der Waals surface area contributed by atoms with Crippen LogP contribution in [0.3, 0.4) is 0 Å². The van der Waals surface area contributed by atoms with Crippen molar-refractivity contribution in [3.63, 3.8) is 0 Å². The highest BCUT2D eigenvalue weighted by Gasteiger charge is 2.18. The molecule has 1 aliphatic carbocycles. The van der Waals surface area contributed by atoms with Gasteiger partial charge < -0.3 is 19.8 Å². The van der Waals surface area contributed by atoms with E-state index in [-0.39, 0.29) is 12.1 Å². The molecule has 1 heterocycles. The highest BCUT2D eigenvalue weighted by Crippen LogP contribution is 2.23. The largest absolute Gasteiger partial charge is 0.490 e. The first-order chi connectivity index (χ1) is 13.6. The van der Waals surface area contributed by atoms with Crippen molar-refractivity contribution in [3.8, 4) is 5.75 Å². The van der Waals surface area contributed by atoms with Crippen LogP contribution in [0.2, 0.25) is 0 Å². The first-order valence-corrected chi connectivity index (χ1v) is 10.1. The molecule has 1 saturated carbocycles. The van der Waals surface area contributed by atoms with Crippen LogP contribution < -0.4 is 15.4 Å².